The number of piperidine rings is 1. The van der Waals surface area contributed by atoms with E-state index < -0.39 is 5.97 Å². The minimum Gasteiger partial charge on any atom is -0.481 e. The van der Waals surface area contributed by atoms with Crippen molar-refractivity contribution in [1.29, 1.82) is 0 Å². The first-order valence-corrected chi connectivity index (χ1v) is 7.59. The van der Waals surface area contributed by atoms with E-state index in [0.717, 1.165) is 36.4 Å². The number of likely N-dealkylation sites (tertiary alicyclic amines) is 1. The largest absolute Gasteiger partial charge is 0.481 e. The molecule has 1 atom stereocenters. The van der Waals surface area contributed by atoms with E-state index in [-0.39, 0.29) is 5.92 Å². The fourth-order valence-corrected chi connectivity index (χ4v) is 2.87. The lowest BCUT2D eigenvalue weighted by molar-refractivity contribution is -0.143. The van der Waals surface area contributed by atoms with E-state index in [2.05, 4.69) is 10.1 Å². The molecule has 2 heterocycles. The van der Waals surface area contributed by atoms with Crippen LogP contribution in [0, 0.1) is 12.8 Å². The van der Waals surface area contributed by atoms with Gasteiger partial charge in [0.05, 0.1) is 12.5 Å². The molecule has 0 bridgehead atoms. The minimum atomic E-state index is -0.706. The molecule has 0 unspecified atom stereocenters. The van der Waals surface area contributed by atoms with Crippen LogP contribution in [0.3, 0.4) is 0 Å². The van der Waals surface area contributed by atoms with E-state index in [0.29, 0.717) is 13.1 Å². The second-order valence-corrected chi connectivity index (χ2v) is 5.96. The SMILES string of the molecule is Cc1ccc(-c2cc(CN3CCC[C@@H](C(=O)O)C3)on2)cc1. The van der Waals surface area contributed by atoms with Crippen LogP contribution in [0.4, 0.5) is 0 Å². The molecule has 22 heavy (non-hydrogen) atoms. The lowest BCUT2D eigenvalue weighted by Crippen LogP contribution is -2.38. The summed E-state index contributed by atoms with van der Waals surface area (Å²) in [4.78, 5) is 13.2. The summed E-state index contributed by atoms with van der Waals surface area (Å²) in [7, 11) is 0. The van der Waals surface area contributed by atoms with Crippen molar-refractivity contribution in [2.45, 2.75) is 26.3 Å². The van der Waals surface area contributed by atoms with Crippen LogP contribution in [0.2, 0.25) is 0 Å². The number of nitrogens with zero attached hydrogens (tertiary/aromatic N) is 2. The number of aryl methyl sites for hydroxylation is 1. The third-order valence-electron chi connectivity index (χ3n) is 4.14. The number of carboxylic acid groups (broad SMARTS) is 1. The lowest BCUT2D eigenvalue weighted by atomic mass is 9.98. The summed E-state index contributed by atoms with van der Waals surface area (Å²) in [6, 6.07) is 10.1. The van der Waals surface area contributed by atoms with Gasteiger partial charge >= 0.3 is 5.97 Å². The van der Waals surface area contributed by atoms with Gasteiger partial charge in [-0.2, -0.15) is 0 Å². The van der Waals surface area contributed by atoms with E-state index >= 15 is 0 Å². The Balaban J connectivity index is 1.66. The molecule has 1 aromatic carbocycles. The van der Waals surface area contributed by atoms with Crippen molar-refractivity contribution < 1.29 is 14.4 Å². The summed E-state index contributed by atoms with van der Waals surface area (Å²) in [6.07, 6.45) is 1.67. The summed E-state index contributed by atoms with van der Waals surface area (Å²) < 4.78 is 5.41. The number of hydrogen-bond donors (Lipinski definition) is 1. The van der Waals surface area contributed by atoms with E-state index in [1.165, 1.54) is 5.56 Å². The highest BCUT2D eigenvalue weighted by atomic mass is 16.5. The standard InChI is InChI=1S/C17H20N2O3/c1-12-4-6-13(7-5-12)16-9-15(22-18-16)11-19-8-2-3-14(10-19)17(20)21/h4-7,9,14H,2-3,8,10-11H2,1H3,(H,20,21)/t14-/m1/s1. The predicted molar refractivity (Wildman–Crippen MR) is 82.3 cm³/mol. The molecule has 5 nitrogen and oxygen atoms in total. The molecule has 5 heteroatoms. The summed E-state index contributed by atoms with van der Waals surface area (Å²) in [5.74, 6) is -0.197. The fraction of sp³-hybridized carbons (Fsp3) is 0.412. The van der Waals surface area contributed by atoms with Crippen LogP contribution in [0.5, 0.6) is 0 Å². The fourth-order valence-electron chi connectivity index (χ4n) is 2.87. The van der Waals surface area contributed by atoms with Crippen molar-refractivity contribution >= 4 is 5.97 Å². The summed E-state index contributed by atoms with van der Waals surface area (Å²) in [5.41, 5.74) is 3.06. The summed E-state index contributed by atoms with van der Waals surface area (Å²) in [6.45, 7) is 4.15. The zero-order valence-electron chi connectivity index (χ0n) is 12.7. The van der Waals surface area contributed by atoms with Crippen LogP contribution in [-0.4, -0.2) is 34.2 Å². The van der Waals surface area contributed by atoms with Crippen molar-refractivity contribution in [3.63, 3.8) is 0 Å². The number of aliphatic carboxylic acids is 1. The van der Waals surface area contributed by atoms with Crippen molar-refractivity contribution in [3.05, 3.63) is 41.7 Å². The highest BCUT2D eigenvalue weighted by Crippen LogP contribution is 2.22. The third kappa shape index (κ3) is 3.36. The number of benzene rings is 1. The van der Waals surface area contributed by atoms with Crippen molar-refractivity contribution in [2.24, 2.45) is 5.92 Å². The van der Waals surface area contributed by atoms with Crippen molar-refractivity contribution in [3.8, 4) is 11.3 Å². The highest BCUT2D eigenvalue weighted by Gasteiger charge is 2.26. The van der Waals surface area contributed by atoms with Crippen LogP contribution >= 0.6 is 0 Å². The van der Waals surface area contributed by atoms with E-state index in [1.54, 1.807) is 0 Å². The Kier molecular flexibility index (Phi) is 4.24. The van der Waals surface area contributed by atoms with Crippen LogP contribution in [-0.2, 0) is 11.3 Å². The summed E-state index contributed by atoms with van der Waals surface area (Å²) in [5, 5.41) is 13.3. The maximum atomic E-state index is 11.1. The second-order valence-electron chi connectivity index (χ2n) is 5.96. The van der Waals surface area contributed by atoms with Gasteiger partial charge in [0.2, 0.25) is 0 Å². The maximum Gasteiger partial charge on any atom is 0.307 e. The van der Waals surface area contributed by atoms with Crippen LogP contribution < -0.4 is 0 Å². The molecule has 2 aromatic rings. The Morgan fingerprint density at radius 2 is 2.18 bits per heavy atom. The molecule has 1 aliphatic heterocycles. The molecule has 1 fully saturated rings. The number of hydrogen-bond acceptors (Lipinski definition) is 4. The van der Waals surface area contributed by atoms with Gasteiger partial charge in [0.25, 0.3) is 0 Å². The number of carboxylic acids is 1. The molecule has 0 spiro atoms. The van der Waals surface area contributed by atoms with E-state index in [1.807, 2.05) is 37.3 Å². The van der Waals surface area contributed by atoms with Gasteiger partial charge in [-0.05, 0) is 26.3 Å². The molecule has 0 radical (unpaired) electrons. The maximum absolute atomic E-state index is 11.1. The number of aromatic nitrogens is 1. The van der Waals surface area contributed by atoms with Crippen molar-refractivity contribution in [1.82, 2.24) is 10.1 Å². The Labute approximate surface area is 129 Å². The molecule has 1 aliphatic rings. The quantitative estimate of drug-likeness (QED) is 0.940. The predicted octanol–water partition coefficient (Wildman–Crippen LogP) is 2.95. The molecule has 116 valence electrons. The molecule has 3 rings (SSSR count). The molecule has 1 saturated heterocycles. The first-order chi connectivity index (χ1) is 10.6. The van der Waals surface area contributed by atoms with Gasteiger partial charge < -0.3 is 9.63 Å². The van der Waals surface area contributed by atoms with Crippen LogP contribution in [0.15, 0.2) is 34.9 Å². The minimum absolute atomic E-state index is 0.270. The van der Waals surface area contributed by atoms with Crippen LogP contribution in [0.25, 0.3) is 11.3 Å². The smallest absolute Gasteiger partial charge is 0.307 e. The molecular formula is C17H20N2O3. The Bertz CT molecular complexity index is 648. The second kappa shape index (κ2) is 6.32. The van der Waals surface area contributed by atoms with Gasteiger partial charge in [-0.25, -0.2) is 0 Å². The molecule has 1 aromatic heterocycles. The Morgan fingerprint density at radius 1 is 1.41 bits per heavy atom. The van der Waals surface area contributed by atoms with Crippen molar-refractivity contribution in [2.75, 3.05) is 13.1 Å². The number of carbonyl (C=O) groups is 1. The molecule has 1 N–H and O–H groups in total. The average molecular weight is 300 g/mol. The zero-order chi connectivity index (χ0) is 15.5. The zero-order valence-corrected chi connectivity index (χ0v) is 12.7. The van der Waals surface area contributed by atoms with Gasteiger partial charge in [-0.15, -0.1) is 0 Å². The molecule has 0 aliphatic carbocycles. The van der Waals surface area contributed by atoms with E-state index in [9.17, 15) is 4.79 Å². The third-order valence-corrected chi connectivity index (χ3v) is 4.14. The average Bonchev–Trinajstić information content (AvgIpc) is 2.96. The summed E-state index contributed by atoms with van der Waals surface area (Å²) >= 11 is 0. The molecular weight excluding hydrogens is 280 g/mol. The number of rotatable bonds is 4. The first kappa shape index (κ1) is 14.8. The van der Waals surface area contributed by atoms with E-state index in [4.69, 9.17) is 9.63 Å². The Morgan fingerprint density at radius 3 is 2.91 bits per heavy atom. The molecule has 0 saturated carbocycles. The highest BCUT2D eigenvalue weighted by molar-refractivity contribution is 5.70. The first-order valence-electron chi connectivity index (χ1n) is 7.59. The topological polar surface area (TPSA) is 66.6 Å². The van der Waals surface area contributed by atoms with Gasteiger partial charge in [-0.3, -0.25) is 9.69 Å². The van der Waals surface area contributed by atoms with Gasteiger partial charge in [0.15, 0.2) is 5.76 Å². The van der Waals surface area contributed by atoms with Gasteiger partial charge in [0, 0.05) is 18.2 Å². The Hall–Kier alpha value is -2.14. The lowest BCUT2D eigenvalue weighted by Gasteiger charge is -2.29. The van der Waals surface area contributed by atoms with Gasteiger partial charge in [-0.1, -0.05) is 35.0 Å². The monoisotopic (exact) mass is 300 g/mol. The normalized spacial score (nSPS) is 19.2. The van der Waals surface area contributed by atoms with Gasteiger partial charge in [0.1, 0.15) is 5.69 Å². The molecule has 0 amide bonds. The van der Waals surface area contributed by atoms with Crippen LogP contribution in [0.1, 0.15) is 24.2 Å².